The summed E-state index contributed by atoms with van der Waals surface area (Å²) in [5.74, 6) is 0.213. The van der Waals surface area contributed by atoms with Gasteiger partial charge < -0.3 is 15.3 Å². The molecule has 0 aromatic heterocycles. The Hall–Kier alpha value is -2.07. The molecule has 4 nitrogen and oxygen atoms in total. The zero-order valence-corrected chi connectivity index (χ0v) is 13.5. The lowest BCUT2D eigenvalue weighted by Gasteiger charge is -2.32. The number of benzene rings is 2. The standard InChI is InChI=1S/C19H24N2O2/c1-14(17-9-8-16-6-2-3-7-18(16)11-17)20-19(23)21-10-4-5-15(12-21)13-22/h2-3,6-9,11,14-15,22H,4-5,10,12-13H2,1H3,(H,20,23). The molecule has 4 heteroatoms. The van der Waals surface area contributed by atoms with Crippen molar-refractivity contribution in [3.63, 3.8) is 0 Å². The number of carbonyl (C=O) groups excluding carboxylic acids is 1. The van der Waals surface area contributed by atoms with Crippen LogP contribution in [0.3, 0.4) is 0 Å². The number of nitrogens with one attached hydrogen (secondary N) is 1. The average molecular weight is 312 g/mol. The molecule has 23 heavy (non-hydrogen) atoms. The van der Waals surface area contributed by atoms with Crippen LogP contribution in [0.2, 0.25) is 0 Å². The number of rotatable bonds is 3. The Morgan fingerprint density at radius 1 is 1.30 bits per heavy atom. The van der Waals surface area contributed by atoms with Crippen molar-refractivity contribution in [1.82, 2.24) is 10.2 Å². The second-order valence-electron chi connectivity index (χ2n) is 6.41. The lowest BCUT2D eigenvalue weighted by molar-refractivity contribution is 0.128. The molecule has 0 spiro atoms. The van der Waals surface area contributed by atoms with E-state index in [4.69, 9.17) is 0 Å². The first-order chi connectivity index (χ1) is 11.2. The third-order valence-corrected chi connectivity index (χ3v) is 4.68. The van der Waals surface area contributed by atoms with E-state index in [-0.39, 0.29) is 24.6 Å². The molecule has 2 amide bonds. The van der Waals surface area contributed by atoms with Gasteiger partial charge in [0.15, 0.2) is 0 Å². The van der Waals surface area contributed by atoms with Gasteiger partial charge in [0, 0.05) is 19.7 Å². The Morgan fingerprint density at radius 3 is 2.87 bits per heavy atom. The van der Waals surface area contributed by atoms with Crippen LogP contribution in [0, 0.1) is 5.92 Å². The summed E-state index contributed by atoms with van der Waals surface area (Å²) >= 11 is 0. The van der Waals surface area contributed by atoms with Crippen molar-refractivity contribution in [2.24, 2.45) is 5.92 Å². The summed E-state index contributed by atoms with van der Waals surface area (Å²) in [6, 6.07) is 14.4. The number of hydrogen-bond donors (Lipinski definition) is 2. The first-order valence-corrected chi connectivity index (χ1v) is 8.32. The van der Waals surface area contributed by atoms with Crippen LogP contribution >= 0.6 is 0 Å². The van der Waals surface area contributed by atoms with Crippen LogP contribution in [0.25, 0.3) is 10.8 Å². The van der Waals surface area contributed by atoms with E-state index in [1.54, 1.807) is 0 Å². The molecule has 1 fully saturated rings. The van der Waals surface area contributed by atoms with E-state index in [1.807, 2.05) is 24.0 Å². The van der Waals surface area contributed by atoms with Crippen LogP contribution in [-0.4, -0.2) is 35.7 Å². The summed E-state index contributed by atoms with van der Waals surface area (Å²) in [6.07, 6.45) is 1.96. The monoisotopic (exact) mass is 312 g/mol. The van der Waals surface area contributed by atoms with Gasteiger partial charge in [0.25, 0.3) is 0 Å². The fourth-order valence-corrected chi connectivity index (χ4v) is 3.24. The second-order valence-corrected chi connectivity index (χ2v) is 6.41. The lowest BCUT2D eigenvalue weighted by Crippen LogP contribution is -2.46. The fourth-order valence-electron chi connectivity index (χ4n) is 3.24. The fraction of sp³-hybridized carbons (Fsp3) is 0.421. The van der Waals surface area contributed by atoms with Gasteiger partial charge in [-0.2, -0.15) is 0 Å². The summed E-state index contributed by atoms with van der Waals surface area (Å²) in [5, 5.41) is 14.8. The Balaban J connectivity index is 1.67. The van der Waals surface area contributed by atoms with Gasteiger partial charge in [0.1, 0.15) is 0 Å². The van der Waals surface area contributed by atoms with Crippen molar-refractivity contribution < 1.29 is 9.90 Å². The number of aliphatic hydroxyl groups excluding tert-OH is 1. The molecule has 3 rings (SSSR count). The molecule has 1 heterocycles. The van der Waals surface area contributed by atoms with E-state index in [0.717, 1.165) is 24.9 Å². The largest absolute Gasteiger partial charge is 0.396 e. The molecule has 0 radical (unpaired) electrons. The van der Waals surface area contributed by atoms with Crippen LogP contribution in [0.4, 0.5) is 4.79 Å². The smallest absolute Gasteiger partial charge is 0.317 e. The van der Waals surface area contributed by atoms with Gasteiger partial charge in [0.2, 0.25) is 0 Å². The number of urea groups is 1. The van der Waals surface area contributed by atoms with Crippen LogP contribution in [0.5, 0.6) is 0 Å². The summed E-state index contributed by atoms with van der Waals surface area (Å²) in [7, 11) is 0. The van der Waals surface area contributed by atoms with Gasteiger partial charge in [-0.3, -0.25) is 0 Å². The van der Waals surface area contributed by atoms with E-state index in [0.29, 0.717) is 6.54 Å². The third-order valence-electron chi connectivity index (χ3n) is 4.68. The van der Waals surface area contributed by atoms with Gasteiger partial charge in [-0.05, 0) is 48.1 Å². The van der Waals surface area contributed by atoms with Gasteiger partial charge >= 0.3 is 6.03 Å². The molecule has 0 bridgehead atoms. The molecule has 2 N–H and O–H groups in total. The lowest BCUT2D eigenvalue weighted by atomic mass is 9.99. The zero-order chi connectivity index (χ0) is 16.2. The number of hydrogen-bond acceptors (Lipinski definition) is 2. The molecule has 122 valence electrons. The van der Waals surface area contributed by atoms with Crippen molar-refractivity contribution in [2.45, 2.75) is 25.8 Å². The summed E-state index contributed by atoms with van der Waals surface area (Å²) in [4.78, 5) is 14.3. The number of amides is 2. The van der Waals surface area contributed by atoms with E-state index < -0.39 is 0 Å². The summed E-state index contributed by atoms with van der Waals surface area (Å²) < 4.78 is 0. The van der Waals surface area contributed by atoms with Crippen LogP contribution in [-0.2, 0) is 0 Å². The first kappa shape index (κ1) is 15.8. The molecular formula is C19H24N2O2. The molecule has 0 aliphatic carbocycles. The molecular weight excluding hydrogens is 288 g/mol. The van der Waals surface area contributed by atoms with Crippen LogP contribution < -0.4 is 5.32 Å². The highest BCUT2D eigenvalue weighted by Gasteiger charge is 2.24. The molecule has 2 unspecified atom stereocenters. The minimum atomic E-state index is -0.0402. The maximum absolute atomic E-state index is 12.4. The van der Waals surface area contributed by atoms with E-state index in [1.165, 1.54) is 10.8 Å². The normalized spacial score (nSPS) is 19.6. The van der Waals surface area contributed by atoms with Crippen molar-refractivity contribution >= 4 is 16.8 Å². The third kappa shape index (κ3) is 3.64. The minimum Gasteiger partial charge on any atom is -0.396 e. The Bertz CT molecular complexity index is 686. The number of likely N-dealkylation sites (tertiary alicyclic amines) is 1. The number of piperidine rings is 1. The highest BCUT2D eigenvalue weighted by molar-refractivity contribution is 5.83. The Kier molecular flexibility index (Phi) is 4.82. The number of aliphatic hydroxyl groups is 1. The van der Waals surface area contributed by atoms with Gasteiger partial charge in [-0.25, -0.2) is 4.79 Å². The zero-order valence-electron chi connectivity index (χ0n) is 13.5. The summed E-state index contributed by atoms with van der Waals surface area (Å²) in [6.45, 7) is 3.58. The second kappa shape index (κ2) is 7.01. The Morgan fingerprint density at radius 2 is 2.09 bits per heavy atom. The molecule has 2 aromatic carbocycles. The van der Waals surface area contributed by atoms with Gasteiger partial charge in [-0.1, -0.05) is 36.4 Å². The van der Waals surface area contributed by atoms with Gasteiger partial charge in [0.05, 0.1) is 6.04 Å². The maximum atomic E-state index is 12.4. The number of nitrogens with zero attached hydrogens (tertiary/aromatic N) is 1. The van der Waals surface area contributed by atoms with Crippen molar-refractivity contribution in [3.05, 3.63) is 48.0 Å². The first-order valence-electron chi connectivity index (χ1n) is 8.32. The molecule has 0 saturated carbocycles. The van der Waals surface area contributed by atoms with Crippen molar-refractivity contribution in [3.8, 4) is 0 Å². The quantitative estimate of drug-likeness (QED) is 0.913. The molecule has 1 aliphatic rings. The van der Waals surface area contributed by atoms with E-state index >= 15 is 0 Å². The predicted octanol–water partition coefficient (Wildman–Crippen LogP) is 3.31. The highest BCUT2D eigenvalue weighted by atomic mass is 16.3. The topological polar surface area (TPSA) is 52.6 Å². The maximum Gasteiger partial charge on any atom is 0.317 e. The molecule has 2 aromatic rings. The van der Waals surface area contributed by atoms with Crippen LogP contribution in [0.1, 0.15) is 31.4 Å². The molecule has 1 aliphatic heterocycles. The highest BCUT2D eigenvalue weighted by Crippen LogP contribution is 2.21. The molecule has 1 saturated heterocycles. The Labute approximate surface area is 137 Å². The molecule has 2 atom stereocenters. The van der Waals surface area contributed by atoms with Crippen molar-refractivity contribution in [2.75, 3.05) is 19.7 Å². The van der Waals surface area contributed by atoms with E-state index in [2.05, 4.69) is 35.6 Å². The van der Waals surface area contributed by atoms with Crippen molar-refractivity contribution in [1.29, 1.82) is 0 Å². The SMILES string of the molecule is CC(NC(=O)N1CCCC(CO)C1)c1ccc2ccccc2c1. The van der Waals surface area contributed by atoms with E-state index in [9.17, 15) is 9.90 Å². The summed E-state index contributed by atoms with van der Waals surface area (Å²) in [5.41, 5.74) is 1.10. The average Bonchev–Trinajstić information content (AvgIpc) is 2.61. The minimum absolute atomic E-state index is 0.0381. The van der Waals surface area contributed by atoms with Crippen LogP contribution in [0.15, 0.2) is 42.5 Å². The number of carbonyl (C=O) groups is 1. The number of fused-ring (bicyclic) bond motifs is 1. The van der Waals surface area contributed by atoms with Gasteiger partial charge in [-0.15, -0.1) is 0 Å². The predicted molar refractivity (Wildman–Crippen MR) is 92.3 cm³/mol.